The van der Waals surface area contributed by atoms with Crippen LogP contribution in [-0.2, 0) is 12.8 Å². The lowest BCUT2D eigenvalue weighted by Crippen LogP contribution is -2.31. The first-order valence-electron chi connectivity index (χ1n) is 6.93. The Balaban J connectivity index is 2.23. The molecule has 6 heteroatoms. The fourth-order valence-corrected chi connectivity index (χ4v) is 4.81. The molecule has 0 aliphatic heterocycles. The average molecular weight is 309 g/mol. The Bertz CT molecular complexity index is 769. The molecule has 0 aromatic carbocycles. The quantitative estimate of drug-likeness (QED) is 0.886. The van der Waals surface area contributed by atoms with Crippen molar-refractivity contribution < 1.29 is 0 Å². The van der Waals surface area contributed by atoms with E-state index < -0.39 is 0 Å². The topological polar surface area (TPSA) is 41.0 Å². The van der Waals surface area contributed by atoms with E-state index in [0.29, 0.717) is 4.77 Å². The molecule has 1 N–H and O–H groups in total. The Hall–Kier alpha value is -0.980. The standard InChI is InChI=1S/C14H19N3OS2/c1-8(7-16(2)3)17-13(18)11-9-5-4-6-10(9)20-12(11)15-14(17)19/h8H,4-7H2,1-3H3,(H,15,19). The summed E-state index contributed by atoms with van der Waals surface area (Å²) in [6.45, 7) is 2.85. The first kappa shape index (κ1) is 14.0. The van der Waals surface area contributed by atoms with Gasteiger partial charge in [-0.25, -0.2) is 0 Å². The molecule has 2 aromatic heterocycles. The zero-order valence-corrected chi connectivity index (χ0v) is 13.7. The highest BCUT2D eigenvalue weighted by Crippen LogP contribution is 2.34. The lowest BCUT2D eigenvalue weighted by atomic mass is 10.2. The van der Waals surface area contributed by atoms with Gasteiger partial charge in [0.2, 0.25) is 0 Å². The second kappa shape index (κ2) is 5.09. The molecule has 20 heavy (non-hydrogen) atoms. The molecule has 0 saturated heterocycles. The number of aromatic nitrogens is 2. The van der Waals surface area contributed by atoms with Gasteiger partial charge in [0, 0.05) is 17.5 Å². The Morgan fingerprint density at radius 3 is 2.90 bits per heavy atom. The minimum atomic E-state index is 0.0719. The molecule has 0 amide bonds. The predicted molar refractivity (Wildman–Crippen MR) is 86.6 cm³/mol. The minimum absolute atomic E-state index is 0.0719. The summed E-state index contributed by atoms with van der Waals surface area (Å²) in [7, 11) is 4.02. The molecule has 1 unspecified atom stereocenters. The molecule has 0 saturated carbocycles. The summed E-state index contributed by atoms with van der Waals surface area (Å²) in [6, 6.07) is 0.0719. The van der Waals surface area contributed by atoms with Crippen LogP contribution in [0.3, 0.4) is 0 Å². The first-order valence-corrected chi connectivity index (χ1v) is 8.15. The highest BCUT2D eigenvalue weighted by atomic mass is 32.1. The molecular formula is C14H19N3OS2. The Morgan fingerprint density at radius 2 is 2.20 bits per heavy atom. The lowest BCUT2D eigenvalue weighted by Gasteiger charge is -2.19. The first-order chi connectivity index (χ1) is 9.49. The number of nitrogens with one attached hydrogen (secondary N) is 1. The van der Waals surface area contributed by atoms with Crippen molar-refractivity contribution in [1.29, 1.82) is 0 Å². The third-order valence-corrected chi connectivity index (χ3v) is 5.37. The van der Waals surface area contributed by atoms with Gasteiger partial charge in [-0.15, -0.1) is 11.3 Å². The van der Waals surface area contributed by atoms with E-state index in [1.807, 2.05) is 21.0 Å². The summed E-state index contributed by atoms with van der Waals surface area (Å²) in [6.07, 6.45) is 3.29. The van der Waals surface area contributed by atoms with Crippen LogP contribution in [0.1, 0.15) is 29.8 Å². The van der Waals surface area contributed by atoms with Crippen LogP contribution < -0.4 is 5.56 Å². The molecule has 0 bridgehead atoms. The zero-order chi connectivity index (χ0) is 14.4. The molecule has 0 fully saturated rings. The van der Waals surface area contributed by atoms with E-state index in [1.54, 1.807) is 15.9 Å². The van der Waals surface area contributed by atoms with E-state index >= 15 is 0 Å². The number of rotatable bonds is 3. The van der Waals surface area contributed by atoms with Crippen LogP contribution in [0, 0.1) is 4.77 Å². The van der Waals surface area contributed by atoms with Crippen molar-refractivity contribution >= 4 is 33.8 Å². The maximum atomic E-state index is 12.9. The van der Waals surface area contributed by atoms with Gasteiger partial charge < -0.3 is 9.88 Å². The van der Waals surface area contributed by atoms with Crippen LogP contribution in [-0.4, -0.2) is 35.1 Å². The second-order valence-electron chi connectivity index (χ2n) is 5.78. The second-order valence-corrected chi connectivity index (χ2v) is 7.27. The molecule has 2 aromatic rings. The van der Waals surface area contributed by atoms with Crippen LogP contribution >= 0.6 is 23.6 Å². The van der Waals surface area contributed by atoms with Crippen LogP contribution in [0.5, 0.6) is 0 Å². The molecule has 3 rings (SSSR count). The predicted octanol–water partition coefficient (Wildman–Crippen LogP) is 2.73. The van der Waals surface area contributed by atoms with Gasteiger partial charge in [0.1, 0.15) is 4.83 Å². The fourth-order valence-electron chi connectivity index (χ4n) is 3.10. The van der Waals surface area contributed by atoms with E-state index in [1.165, 1.54) is 16.9 Å². The molecule has 4 nitrogen and oxygen atoms in total. The average Bonchev–Trinajstić information content (AvgIpc) is 2.86. The van der Waals surface area contributed by atoms with E-state index in [2.05, 4.69) is 9.88 Å². The van der Waals surface area contributed by atoms with Crippen molar-refractivity contribution in [2.45, 2.75) is 32.2 Å². The van der Waals surface area contributed by atoms with Crippen molar-refractivity contribution in [1.82, 2.24) is 14.5 Å². The van der Waals surface area contributed by atoms with E-state index in [4.69, 9.17) is 12.2 Å². The largest absolute Gasteiger partial charge is 0.323 e. The minimum Gasteiger partial charge on any atom is -0.323 e. The van der Waals surface area contributed by atoms with Gasteiger partial charge in [-0.3, -0.25) is 9.36 Å². The van der Waals surface area contributed by atoms with Gasteiger partial charge in [-0.05, 0) is 58.1 Å². The van der Waals surface area contributed by atoms with E-state index in [9.17, 15) is 4.79 Å². The van der Waals surface area contributed by atoms with Crippen LogP contribution in [0.15, 0.2) is 4.79 Å². The zero-order valence-electron chi connectivity index (χ0n) is 12.0. The van der Waals surface area contributed by atoms with Gasteiger partial charge in [-0.1, -0.05) is 0 Å². The van der Waals surface area contributed by atoms with E-state index in [-0.39, 0.29) is 11.6 Å². The van der Waals surface area contributed by atoms with E-state index in [0.717, 1.165) is 29.6 Å². The Kier molecular flexibility index (Phi) is 3.56. The SMILES string of the molecule is CC(CN(C)C)n1c(=S)[nH]c2sc3c(c2c1=O)CCC3. The third kappa shape index (κ3) is 2.16. The van der Waals surface area contributed by atoms with Gasteiger partial charge in [-0.2, -0.15) is 0 Å². The fraction of sp³-hybridized carbons (Fsp3) is 0.571. The Labute approximate surface area is 127 Å². The molecule has 1 aliphatic carbocycles. The van der Waals surface area contributed by atoms with Crippen molar-refractivity contribution in [3.05, 3.63) is 25.6 Å². The molecule has 0 radical (unpaired) electrons. The highest BCUT2D eigenvalue weighted by Gasteiger charge is 2.22. The maximum absolute atomic E-state index is 12.9. The molecule has 2 heterocycles. The number of likely N-dealkylation sites (N-methyl/N-ethyl adjacent to an activating group) is 1. The van der Waals surface area contributed by atoms with Gasteiger partial charge in [0.25, 0.3) is 5.56 Å². The summed E-state index contributed by atoms with van der Waals surface area (Å²) < 4.78 is 2.28. The highest BCUT2D eigenvalue weighted by molar-refractivity contribution is 7.71. The molecular weight excluding hydrogens is 290 g/mol. The van der Waals surface area contributed by atoms with Crippen molar-refractivity contribution in [2.75, 3.05) is 20.6 Å². The number of aromatic amines is 1. The molecule has 108 valence electrons. The molecule has 0 spiro atoms. The molecule has 1 aliphatic rings. The smallest absolute Gasteiger partial charge is 0.263 e. The number of H-pyrrole nitrogens is 1. The summed E-state index contributed by atoms with van der Waals surface area (Å²) in [5.41, 5.74) is 1.34. The van der Waals surface area contributed by atoms with Crippen molar-refractivity contribution in [2.24, 2.45) is 0 Å². The molecule has 1 atom stereocenters. The number of hydrogen-bond donors (Lipinski definition) is 1. The number of nitrogens with zero attached hydrogens (tertiary/aromatic N) is 2. The summed E-state index contributed by atoms with van der Waals surface area (Å²) in [5.74, 6) is 0. The van der Waals surface area contributed by atoms with Gasteiger partial charge in [0.05, 0.1) is 5.39 Å². The number of thiophene rings is 1. The van der Waals surface area contributed by atoms with Crippen LogP contribution in [0.2, 0.25) is 0 Å². The number of aryl methyl sites for hydroxylation is 2. The van der Waals surface area contributed by atoms with Gasteiger partial charge in [0.15, 0.2) is 4.77 Å². The number of hydrogen-bond acceptors (Lipinski definition) is 4. The van der Waals surface area contributed by atoms with Crippen molar-refractivity contribution in [3.8, 4) is 0 Å². The summed E-state index contributed by atoms with van der Waals surface area (Å²) in [5, 5.41) is 0.877. The summed E-state index contributed by atoms with van der Waals surface area (Å²) in [4.78, 5) is 20.5. The van der Waals surface area contributed by atoms with Crippen molar-refractivity contribution in [3.63, 3.8) is 0 Å². The third-order valence-electron chi connectivity index (χ3n) is 3.86. The normalized spacial score (nSPS) is 16.0. The monoisotopic (exact) mass is 309 g/mol. The van der Waals surface area contributed by atoms with Crippen LogP contribution in [0.25, 0.3) is 10.2 Å². The lowest BCUT2D eigenvalue weighted by molar-refractivity contribution is 0.330. The summed E-state index contributed by atoms with van der Waals surface area (Å²) >= 11 is 7.10. The van der Waals surface area contributed by atoms with Gasteiger partial charge >= 0.3 is 0 Å². The number of fused-ring (bicyclic) bond motifs is 3. The van der Waals surface area contributed by atoms with Crippen LogP contribution in [0.4, 0.5) is 0 Å². The maximum Gasteiger partial charge on any atom is 0.263 e. The Morgan fingerprint density at radius 1 is 1.45 bits per heavy atom.